The van der Waals surface area contributed by atoms with E-state index in [0.29, 0.717) is 5.78 Å². The molecule has 0 fully saturated rings. The molecule has 0 radical (unpaired) electrons. The summed E-state index contributed by atoms with van der Waals surface area (Å²) in [5.74, 6) is 0.744. The molecule has 0 amide bonds. The number of rotatable bonds is 9. The highest BCUT2D eigenvalue weighted by Crippen LogP contribution is 2.11. The maximum absolute atomic E-state index is 11.5. The third-order valence-electron chi connectivity index (χ3n) is 2.94. The molecule has 0 spiro atoms. The number of hydrogen-bond donors (Lipinski definition) is 0. The first-order valence-electron chi connectivity index (χ1n) is 6.25. The van der Waals surface area contributed by atoms with Crippen LogP contribution in [0.4, 0.5) is 0 Å². The minimum Gasteiger partial charge on any atom is -0.299 e. The van der Waals surface area contributed by atoms with E-state index in [2.05, 4.69) is 13.8 Å². The third kappa shape index (κ3) is 7.11. The number of Topliss-reactive ketones (excluding diaryl/α,β-unsaturated/α-hetero) is 1. The quantitative estimate of drug-likeness (QED) is 0.503. The van der Waals surface area contributed by atoms with Crippen molar-refractivity contribution in [3.63, 3.8) is 0 Å². The second kappa shape index (κ2) is 9.23. The average molecular weight is 198 g/mol. The highest BCUT2D eigenvalue weighted by molar-refractivity contribution is 5.80. The van der Waals surface area contributed by atoms with E-state index >= 15 is 0 Å². The monoisotopic (exact) mass is 198 g/mol. The molecule has 0 aromatic rings. The molecule has 0 saturated heterocycles. The molecule has 0 aromatic carbocycles. The number of carbonyl (C=O) groups excluding carboxylic acids is 1. The van der Waals surface area contributed by atoms with Crippen LogP contribution < -0.4 is 0 Å². The Balaban J connectivity index is 3.23. The summed E-state index contributed by atoms with van der Waals surface area (Å²) >= 11 is 0. The van der Waals surface area contributed by atoms with E-state index in [0.717, 1.165) is 19.3 Å². The third-order valence-corrected chi connectivity index (χ3v) is 2.94. The SMILES string of the molecule is CCCCCCCCC(=O)C(C)CC. The zero-order chi connectivity index (χ0) is 10.8. The topological polar surface area (TPSA) is 17.1 Å². The lowest BCUT2D eigenvalue weighted by atomic mass is 9.98. The molecule has 14 heavy (non-hydrogen) atoms. The molecule has 1 unspecified atom stereocenters. The molecule has 0 rings (SSSR count). The molecule has 1 atom stereocenters. The molecule has 0 bridgehead atoms. The van der Waals surface area contributed by atoms with Crippen LogP contribution in [0.25, 0.3) is 0 Å². The Morgan fingerprint density at radius 1 is 1.00 bits per heavy atom. The number of hydrogen-bond acceptors (Lipinski definition) is 1. The summed E-state index contributed by atoms with van der Waals surface area (Å²) in [5.41, 5.74) is 0. The van der Waals surface area contributed by atoms with Gasteiger partial charge in [-0.05, 0) is 12.8 Å². The van der Waals surface area contributed by atoms with Crippen LogP contribution in [0.15, 0.2) is 0 Å². The highest BCUT2D eigenvalue weighted by Gasteiger charge is 2.09. The van der Waals surface area contributed by atoms with Gasteiger partial charge in [0, 0.05) is 12.3 Å². The smallest absolute Gasteiger partial charge is 0.135 e. The van der Waals surface area contributed by atoms with Crippen LogP contribution in [-0.4, -0.2) is 5.78 Å². The summed E-state index contributed by atoms with van der Waals surface area (Å²) in [5, 5.41) is 0. The van der Waals surface area contributed by atoms with Gasteiger partial charge in [0.25, 0.3) is 0 Å². The fraction of sp³-hybridized carbons (Fsp3) is 0.923. The number of unbranched alkanes of at least 4 members (excludes halogenated alkanes) is 5. The van der Waals surface area contributed by atoms with Gasteiger partial charge in [-0.1, -0.05) is 52.9 Å². The first kappa shape index (κ1) is 13.7. The lowest BCUT2D eigenvalue weighted by Crippen LogP contribution is -2.09. The molecular formula is C13H26O. The molecule has 1 nitrogen and oxygen atoms in total. The van der Waals surface area contributed by atoms with E-state index in [9.17, 15) is 4.79 Å². The summed E-state index contributed by atoms with van der Waals surface area (Å²) in [4.78, 5) is 11.5. The van der Waals surface area contributed by atoms with Crippen LogP contribution in [0.5, 0.6) is 0 Å². The van der Waals surface area contributed by atoms with E-state index in [1.807, 2.05) is 6.92 Å². The fourth-order valence-electron chi connectivity index (χ4n) is 1.55. The Kier molecular flexibility index (Phi) is 9.02. The van der Waals surface area contributed by atoms with Crippen molar-refractivity contribution < 1.29 is 4.79 Å². The minimum atomic E-state index is 0.283. The standard InChI is InChI=1S/C13H26O/c1-4-6-7-8-9-10-11-13(14)12(3)5-2/h12H,4-11H2,1-3H3. The second-order valence-corrected chi connectivity index (χ2v) is 4.29. The van der Waals surface area contributed by atoms with Crippen molar-refractivity contribution in [1.29, 1.82) is 0 Å². The molecule has 0 aliphatic carbocycles. The van der Waals surface area contributed by atoms with Crippen LogP contribution in [0.2, 0.25) is 0 Å². The van der Waals surface area contributed by atoms with Gasteiger partial charge in [-0.2, -0.15) is 0 Å². The first-order chi connectivity index (χ1) is 6.72. The van der Waals surface area contributed by atoms with E-state index in [1.54, 1.807) is 0 Å². The molecule has 0 saturated carbocycles. The summed E-state index contributed by atoms with van der Waals surface area (Å²) in [6.07, 6.45) is 9.44. The minimum absolute atomic E-state index is 0.283. The number of ketones is 1. The van der Waals surface area contributed by atoms with Crippen molar-refractivity contribution in [3.8, 4) is 0 Å². The number of carbonyl (C=O) groups is 1. The normalized spacial score (nSPS) is 12.8. The van der Waals surface area contributed by atoms with Crippen molar-refractivity contribution in [1.82, 2.24) is 0 Å². The Bertz CT molecular complexity index is 140. The summed E-state index contributed by atoms with van der Waals surface area (Å²) in [6.45, 7) is 6.36. The van der Waals surface area contributed by atoms with Gasteiger partial charge in [-0.15, -0.1) is 0 Å². The van der Waals surface area contributed by atoms with Crippen LogP contribution in [0.1, 0.15) is 72.1 Å². The van der Waals surface area contributed by atoms with E-state index < -0.39 is 0 Å². The predicted molar refractivity (Wildman–Crippen MR) is 62.5 cm³/mol. The Morgan fingerprint density at radius 3 is 2.14 bits per heavy atom. The molecule has 1 heteroatoms. The van der Waals surface area contributed by atoms with Gasteiger partial charge in [-0.25, -0.2) is 0 Å². The second-order valence-electron chi connectivity index (χ2n) is 4.29. The maximum Gasteiger partial charge on any atom is 0.135 e. The summed E-state index contributed by atoms with van der Waals surface area (Å²) in [6, 6.07) is 0. The lowest BCUT2D eigenvalue weighted by Gasteiger charge is -2.06. The summed E-state index contributed by atoms with van der Waals surface area (Å²) < 4.78 is 0. The molecular weight excluding hydrogens is 172 g/mol. The largest absolute Gasteiger partial charge is 0.299 e. The van der Waals surface area contributed by atoms with Crippen LogP contribution in [-0.2, 0) is 4.79 Å². The predicted octanol–water partition coefficient (Wildman–Crippen LogP) is 4.35. The Morgan fingerprint density at radius 2 is 1.57 bits per heavy atom. The molecule has 0 aliphatic rings. The molecule has 0 N–H and O–H groups in total. The van der Waals surface area contributed by atoms with Crippen molar-refractivity contribution in [2.45, 2.75) is 72.1 Å². The molecule has 0 aliphatic heterocycles. The maximum atomic E-state index is 11.5. The average Bonchev–Trinajstić information content (AvgIpc) is 2.21. The lowest BCUT2D eigenvalue weighted by molar-refractivity contribution is -0.122. The van der Waals surface area contributed by atoms with Crippen LogP contribution in [0, 0.1) is 5.92 Å². The van der Waals surface area contributed by atoms with Gasteiger partial charge < -0.3 is 0 Å². The van der Waals surface area contributed by atoms with Crippen LogP contribution in [0.3, 0.4) is 0 Å². The molecule has 0 aromatic heterocycles. The first-order valence-corrected chi connectivity index (χ1v) is 6.25. The van der Waals surface area contributed by atoms with Gasteiger partial charge >= 0.3 is 0 Å². The zero-order valence-electron chi connectivity index (χ0n) is 10.1. The molecule has 0 heterocycles. The van der Waals surface area contributed by atoms with Gasteiger partial charge in [0.2, 0.25) is 0 Å². The van der Waals surface area contributed by atoms with Crippen molar-refractivity contribution in [3.05, 3.63) is 0 Å². The van der Waals surface area contributed by atoms with Gasteiger partial charge in [-0.3, -0.25) is 4.79 Å². The van der Waals surface area contributed by atoms with E-state index in [4.69, 9.17) is 0 Å². The van der Waals surface area contributed by atoms with Gasteiger partial charge in [0.15, 0.2) is 0 Å². The van der Waals surface area contributed by atoms with E-state index in [-0.39, 0.29) is 5.92 Å². The zero-order valence-corrected chi connectivity index (χ0v) is 10.1. The molecule has 84 valence electrons. The van der Waals surface area contributed by atoms with Gasteiger partial charge in [0.1, 0.15) is 5.78 Å². The van der Waals surface area contributed by atoms with Crippen molar-refractivity contribution >= 4 is 5.78 Å². The Hall–Kier alpha value is -0.330. The highest BCUT2D eigenvalue weighted by atomic mass is 16.1. The summed E-state index contributed by atoms with van der Waals surface area (Å²) in [7, 11) is 0. The van der Waals surface area contributed by atoms with Crippen molar-refractivity contribution in [2.75, 3.05) is 0 Å². The van der Waals surface area contributed by atoms with Crippen molar-refractivity contribution in [2.24, 2.45) is 5.92 Å². The van der Waals surface area contributed by atoms with Crippen LogP contribution >= 0.6 is 0 Å². The van der Waals surface area contributed by atoms with Gasteiger partial charge in [0.05, 0.1) is 0 Å². The fourth-order valence-corrected chi connectivity index (χ4v) is 1.55. The van der Waals surface area contributed by atoms with E-state index in [1.165, 1.54) is 32.1 Å². The Labute approximate surface area is 89.3 Å².